The Labute approximate surface area is 115 Å². The highest BCUT2D eigenvalue weighted by molar-refractivity contribution is 7.10. The van der Waals surface area contributed by atoms with Gasteiger partial charge in [-0.15, -0.1) is 11.3 Å². The minimum atomic E-state index is 0.261. The number of nitrogen functional groups attached to an aromatic ring is 1. The van der Waals surface area contributed by atoms with Crippen LogP contribution in [0.5, 0.6) is 0 Å². The summed E-state index contributed by atoms with van der Waals surface area (Å²) in [7, 11) is 0. The molecule has 0 spiro atoms. The van der Waals surface area contributed by atoms with E-state index in [0.717, 1.165) is 23.9 Å². The summed E-state index contributed by atoms with van der Waals surface area (Å²) < 4.78 is 2.13. The van der Waals surface area contributed by atoms with E-state index in [9.17, 15) is 0 Å². The fourth-order valence-electron chi connectivity index (χ4n) is 2.45. The molecule has 0 aromatic carbocycles. The van der Waals surface area contributed by atoms with Gasteiger partial charge in [0.15, 0.2) is 0 Å². The van der Waals surface area contributed by atoms with Crippen molar-refractivity contribution in [1.82, 2.24) is 14.5 Å². The standard InChI is InChI=1S/C14H16N4S/c1-2-4-12(13-5-3-8-19-13)18-11-6-7-16-9-10(11)17-14(18)15/h3,5-9,12H,2,4H2,1H3,(H2,15,17). The molecule has 0 bridgehead atoms. The molecule has 2 N–H and O–H groups in total. The summed E-state index contributed by atoms with van der Waals surface area (Å²) in [6, 6.07) is 6.49. The first kappa shape index (κ1) is 12.2. The highest BCUT2D eigenvalue weighted by Gasteiger charge is 2.19. The molecule has 0 aliphatic rings. The zero-order chi connectivity index (χ0) is 13.2. The Morgan fingerprint density at radius 3 is 3.05 bits per heavy atom. The average Bonchev–Trinajstić information content (AvgIpc) is 3.03. The molecule has 0 aliphatic carbocycles. The third-order valence-corrected chi connectivity index (χ3v) is 4.24. The Kier molecular flexibility index (Phi) is 3.21. The van der Waals surface area contributed by atoms with Crippen LogP contribution in [-0.4, -0.2) is 14.5 Å². The van der Waals surface area contributed by atoms with Crippen molar-refractivity contribution in [3.05, 3.63) is 40.8 Å². The van der Waals surface area contributed by atoms with Crippen LogP contribution in [0.15, 0.2) is 36.0 Å². The second-order valence-electron chi connectivity index (χ2n) is 4.52. The van der Waals surface area contributed by atoms with E-state index in [0.29, 0.717) is 5.95 Å². The van der Waals surface area contributed by atoms with Gasteiger partial charge in [0, 0.05) is 11.1 Å². The van der Waals surface area contributed by atoms with Gasteiger partial charge in [-0.2, -0.15) is 0 Å². The van der Waals surface area contributed by atoms with Gasteiger partial charge in [-0.25, -0.2) is 4.98 Å². The van der Waals surface area contributed by atoms with Crippen molar-refractivity contribution in [3.63, 3.8) is 0 Å². The number of imidazole rings is 1. The maximum absolute atomic E-state index is 6.12. The van der Waals surface area contributed by atoms with Crippen LogP contribution >= 0.6 is 11.3 Å². The Bertz CT molecular complexity index is 672. The van der Waals surface area contributed by atoms with Crippen LogP contribution in [0.3, 0.4) is 0 Å². The largest absolute Gasteiger partial charge is 0.369 e. The number of pyridine rings is 1. The quantitative estimate of drug-likeness (QED) is 0.791. The van der Waals surface area contributed by atoms with Gasteiger partial charge in [-0.05, 0) is 23.9 Å². The van der Waals surface area contributed by atoms with Gasteiger partial charge in [0.25, 0.3) is 0 Å². The van der Waals surface area contributed by atoms with Gasteiger partial charge in [-0.1, -0.05) is 19.4 Å². The zero-order valence-corrected chi connectivity index (χ0v) is 11.6. The molecule has 1 unspecified atom stereocenters. The molecule has 0 saturated heterocycles. The van der Waals surface area contributed by atoms with E-state index in [1.807, 2.05) is 6.07 Å². The molecule has 0 radical (unpaired) electrons. The molecule has 0 amide bonds. The molecule has 19 heavy (non-hydrogen) atoms. The second-order valence-corrected chi connectivity index (χ2v) is 5.50. The Hall–Kier alpha value is -1.88. The van der Waals surface area contributed by atoms with Crippen molar-refractivity contribution in [1.29, 1.82) is 0 Å². The van der Waals surface area contributed by atoms with Gasteiger partial charge in [-0.3, -0.25) is 4.98 Å². The van der Waals surface area contributed by atoms with Crippen LogP contribution < -0.4 is 5.73 Å². The molecule has 4 nitrogen and oxygen atoms in total. The van der Waals surface area contributed by atoms with Crippen LogP contribution in [0.2, 0.25) is 0 Å². The number of nitrogens with two attached hydrogens (primary N) is 1. The van der Waals surface area contributed by atoms with E-state index < -0.39 is 0 Å². The number of rotatable bonds is 4. The van der Waals surface area contributed by atoms with Crippen molar-refractivity contribution in [3.8, 4) is 0 Å². The van der Waals surface area contributed by atoms with Gasteiger partial charge < -0.3 is 10.3 Å². The van der Waals surface area contributed by atoms with E-state index in [-0.39, 0.29) is 6.04 Å². The van der Waals surface area contributed by atoms with Crippen LogP contribution in [0, 0.1) is 0 Å². The zero-order valence-electron chi connectivity index (χ0n) is 10.8. The first-order valence-electron chi connectivity index (χ1n) is 6.42. The van der Waals surface area contributed by atoms with E-state index in [2.05, 4.69) is 39.0 Å². The van der Waals surface area contributed by atoms with Crippen molar-refractivity contribution in [2.45, 2.75) is 25.8 Å². The van der Waals surface area contributed by atoms with Crippen LogP contribution in [0.1, 0.15) is 30.7 Å². The topological polar surface area (TPSA) is 56.7 Å². The minimum Gasteiger partial charge on any atom is -0.369 e. The monoisotopic (exact) mass is 272 g/mol. The molecule has 3 aromatic heterocycles. The summed E-state index contributed by atoms with van der Waals surface area (Å²) in [6.07, 6.45) is 5.71. The lowest BCUT2D eigenvalue weighted by atomic mass is 10.1. The molecule has 3 rings (SSSR count). The molecule has 1 atom stereocenters. The molecular formula is C14H16N4S. The molecular weight excluding hydrogens is 256 g/mol. The Balaban J connectivity index is 2.17. The van der Waals surface area contributed by atoms with Gasteiger partial charge in [0.1, 0.15) is 5.52 Å². The molecule has 3 aromatic rings. The van der Waals surface area contributed by atoms with E-state index in [4.69, 9.17) is 5.73 Å². The SMILES string of the molecule is CCCC(c1cccs1)n1c(N)nc2cnccc21. The summed E-state index contributed by atoms with van der Waals surface area (Å²) in [5.74, 6) is 0.565. The Morgan fingerprint density at radius 1 is 1.42 bits per heavy atom. The maximum atomic E-state index is 6.12. The smallest absolute Gasteiger partial charge is 0.201 e. The molecule has 0 saturated carbocycles. The lowest BCUT2D eigenvalue weighted by Gasteiger charge is -2.18. The molecule has 0 aliphatic heterocycles. The van der Waals surface area contributed by atoms with Crippen molar-refractivity contribution in [2.24, 2.45) is 0 Å². The number of thiophene rings is 1. The normalized spacial score (nSPS) is 12.9. The number of aromatic nitrogens is 3. The van der Waals surface area contributed by atoms with Crippen molar-refractivity contribution >= 4 is 28.3 Å². The lowest BCUT2D eigenvalue weighted by molar-refractivity contribution is 0.560. The van der Waals surface area contributed by atoms with E-state index in [1.54, 1.807) is 23.7 Å². The lowest BCUT2D eigenvalue weighted by Crippen LogP contribution is -2.12. The number of hydrogen-bond acceptors (Lipinski definition) is 4. The predicted octanol–water partition coefficient (Wildman–Crippen LogP) is 3.46. The maximum Gasteiger partial charge on any atom is 0.201 e. The highest BCUT2D eigenvalue weighted by Crippen LogP contribution is 2.32. The van der Waals surface area contributed by atoms with E-state index in [1.165, 1.54) is 4.88 Å². The molecule has 5 heteroatoms. The van der Waals surface area contributed by atoms with Crippen LogP contribution in [0.4, 0.5) is 5.95 Å². The fraction of sp³-hybridized carbons (Fsp3) is 0.286. The average molecular weight is 272 g/mol. The summed E-state index contributed by atoms with van der Waals surface area (Å²) >= 11 is 1.77. The number of fused-ring (bicyclic) bond motifs is 1. The first-order valence-corrected chi connectivity index (χ1v) is 7.30. The van der Waals surface area contributed by atoms with Gasteiger partial charge in [0.2, 0.25) is 5.95 Å². The van der Waals surface area contributed by atoms with Gasteiger partial charge in [0.05, 0.1) is 17.8 Å². The summed E-state index contributed by atoms with van der Waals surface area (Å²) in [5.41, 5.74) is 8.03. The molecule has 0 fully saturated rings. The molecule has 3 heterocycles. The summed E-state index contributed by atoms with van der Waals surface area (Å²) in [4.78, 5) is 9.84. The predicted molar refractivity (Wildman–Crippen MR) is 79.3 cm³/mol. The number of nitrogens with zero attached hydrogens (tertiary/aromatic N) is 3. The van der Waals surface area contributed by atoms with Crippen LogP contribution in [0.25, 0.3) is 11.0 Å². The second kappa shape index (κ2) is 5.01. The first-order chi connectivity index (χ1) is 9.31. The summed E-state index contributed by atoms with van der Waals surface area (Å²) in [5, 5.41) is 2.11. The van der Waals surface area contributed by atoms with E-state index >= 15 is 0 Å². The fourth-order valence-corrected chi connectivity index (χ4v) is 3.30. The number of hydrogen-bond donors (Lipinski definition) is 1. The highest BCUT2D eigenvalue weighted by atomic mass is 32.1. The number of anilines is 1. The third-order valence-electron chi connectivity index (χ3n) is 3.26. The summed E-state index contributed by atoms with van der Waals surface area (Å²) in [6.45, 7) is 2.19. The van der Waals surface area contributed by atoms with Gasteiger partial charge >= 0.3 is 0 Å². The van der Waals surface area contributed by atoms with Crippen molar-refractivity contribution < 1.29 is 0 Å². The Morgan fingerprint density at radius 2 is 2.32 bits per heavy atom. The molecule has 98 valence electrons. The van der Waals surface area contributed by atoms with Crippen LogP contribution in [-0.2, 0) is 0 Å². The van der Waals surface area contributed by atoms with Crippen molar-refractivity contribution in [2.75, 3.05) is 5.73 Å². The third kappa shape index (κ3) is 2.10. The minimum absolute atomic E-state index is 0.261.